The molecule has 1 amide bonds. The van der Waals surface area contributed by atoms with Crippen molar-refractivity contribution in [3.05, 3.63) is 35.6 Å². The van der Waals surface area contributed by atoms with Crippen LogP contribution in [0.4, 0.5) is 4.39 Å². The first-order valence-corrected chi connectivity index (χ1v) is 7.76. The van der Waals surface area contributed by atoms with E-state index >= 15 is 0 Å². The van der Waals surface area contributed by atoms with Crippen LogP contribution >= 0.6 is 12.4 Å². The number of benzene rings is 1. The third-order valence-corrected chi connectivity index (χ3v) is 4.50. The molecular weight excluding hydrogens is 303 g/mol. The summed E-state index contributed by atoms with van der Waals surface area (Å²) < 4.78 is 13.7. The van der Waals surface area contributed by atoms with Crippen LogP contribution in [0.15, 0.2) is 24.3 Å². The Morgan fingerprint density at radius 1 is 1.32 bits per heavy atom. The second kappa shape index (κ2) is 8.49. The third-order valence-electron chi connectivity index (χ3n) is 4.50. The highest BCUT2D eigenvalue weighted by molar-refractivity contribution is 5.85. The van der Waals surface area contributed by atoms with E-state index in [4.69, 9.17) is 5.73 Å². The smallest absolute Gasteiger partial charge is 0.225 e. The summed E-state index contributed by atoms with van der Waals surface area (Å²) in [4.78, 5) is 14.4. The van der Waals surface area contributed by atoms with Crippen molar-refractivity contribution in [1.82, 2.24) is 4.90 Å². The lowest BCUT2D eigenvalue weighted by molar-refractivity contribution is -0.136. The molecule has 5 heteroatoms. The minimum Gasteiger partial charge on any atom is -0.342 e. The minimum absolute atomic E-state index is 0. The quantitative estimate of drug-likeness (QED) is 0.923. The molecule has 124 valence electrons. The summed E-state index contributed by atoms with van der Waals surface area (Å²) in [5.74, 6) is 0.221. The van der Waals surface area contributed by atoms with Gasteiger partial charge in [0.1, 0.15) is 5.82 Å². The van der Waals surface area contributed by atoms with Crippen LogP contribution in [-0.2, 0) is 11.2 Å². The zero-order chi connectivity index (χ0) is 15.4. The highest BCUT2D eigenvalue weighted by Gasteiger charge is 2.27. The zero-order valence-corrected chi connectivity index (χ0v) is 14.1. The van der Waals surface area contributed by atoms with Gasteiger partial charge >= 0.3 is 0 Å². The van der Waals surface area contributed by atoms with Crippen LogP contribution in [0.3, 0.4) is 0 Å². The Hall–Kier alpha value is -1.13. The van der Waals surface area contributed by atoms with Gasteiger partial charge in [-0.1, -0.05) is 25.1 Å². The molecule has 2 rings (SSSR count). The van der Waals surface area contributed by atoms with Gasteiger partial charge in [-0.25, -0.2) is 4.39 Å². The molecule has 1 aromatic rings. The second-order valence-electron chi connectivity index (χ2n) is 6.22. The summed E-state index contributed by atoms with van der Waals surface area (Å²) in [7, 11) is 0. The van der Waals surface area contributed by atoms with Crippen LogP contribution in [0.25, 0.3) is 0 Å². The molecule has 0 bridgehead atoms. The average Bonchev–Trinajstić information content (AvgIpc) is 2.49. The van der Waals surface area contributed by atoms with Crippen LogP contribution in [0.5, 0.6) is 0 Å². The summed E-state index contributed by atoms with van der Waals surface area (Å²) in [5, 5.41) is 0. The molecule has 0 aromatic heterocycles. The number of hydrogen-bond donors (Lipinski definition) is 1. The number of carbonyl (C=O) groups is 1. The van der Waals surface area contributed by atoms with Crippen LogP contribution in [-0.4, -0.2) is 29.9 Å². The van der Waals surface area contributed by atoms with Crippen molar-refractivity contribution in [2.45, 2.75) is 39.2 Å². The van der Waals surface area contributed by atoms with Gasteiger partial charge in [0.15, 0.2) is 0 Å². The summed E-state index contributed by atoms with van der Waals surface area (Å²) in [5.41, 5.74) is 6.54. The fraction of sp³-hybridized carbons (Fsp3) is 0.588. The first-order chi connectivity index (χ1) is 9.99. The SMILES string of the molecule is CC(Cc1ccccc1F)C(=O)N1CCC(C(C)N)CC1.Cl. The Morgan fingerprint density at radius 3 is 2.45 bits per heavy atom. The Labute approximate surface area is 138 Å². The molecule has 1 fully saturated rings. The molecule has 0 radical (unpaired) electrons. The lowest BCUT2D eigenvalue weighted by atomic mass is 9.90. The lowest BCUT2D eigenvalue weighted by Crippen LogP contribution is -2.44. The van der Waals surface area contributed by atoms with Gasteiger partial charge in [-0.3, -0.25) is 4.79 Å². The summed E-state index contributed by atoms with van der Waals surface area (Å²) in [6.45, 7) is 5.45. The number of amides is 1. The Kier molecular flexibility index (Phi) is 7.30. The van der Waals surface area contributed by atoms with Gasteiger partial charge < -0.3 is 10.6 Å². The third kappa shape index (κ3) is 4.68. The molecule has 1 heterocycles. The van der Waals surface area contributed by atoms with Crippen molar-refractivity contribution in [3.63, 3.8) is 0 Å². The summed E-state index contributed by atoms with van der Waals surface area (Å²) in [6.07, 6.45) is 2.39. The average molecular weight is 329 g/mol. The number of halogens is 2. The standard InChI is InChI=1S/C17H25FN2O.ClH/c1-12(11-15-5-3-4-6-16(15)18)17(21)20-9-7-14(8-10-20)13(2)19;/h3-6,12-14H,7-11,19H2,1-2H3;1H. The lowest BCUT2D eigenvalue weighted by Gasteiger charge is -2.35. The molecule has 2 unspecified atom stereocenters. The minimum atomic E-state index is -0.229. The molecule has 1 aromatic carbocycles. The molecule has 0 saturated carbocycles. The van der Waals surface area contributed by atoms with E-state index in [0.29, 0.717) is 17.9 Å². The van der Waals surface area contributed by atoms with E-state index < -0.39 is 0 Å². The highest BCUT2D eigenvalue weighted by atomic mass is 35.5. The number of rotatable bonds is 4. The van der Waals surface area contributed by atoms with Gasteiger partial charge in [-0.15, -0.1) is 12.4 Å². The van der Waals surface area contributed by atoms with Gasteiger partial charge in [0, 0.05) is 25.0 Å². The van der Waals surface area contributed by atoms with Crippen LogP contribution < -0.4 is 5.73 Å². The van der Waals surface area contributed by atoms with E-state index in [1.165, 1.54) is 6.07 Å². The van der Waals surface area contributed by atoms with Crippen molar-refractivity contribution in [2.75, 3.05) is 13.1 Å². The van der Waals surface area contributed by atoms with E-state index in [1.54, 1.807) is 12.1 Å². The monoisotopic (exact) mass is 328 g/mol. The predicted octanol–water partition coefficient (Wildman–Crippen LogP) is 3.01. The summed E-state index contributed by atoms with van der Waals surface area (Å²) >= 11 is 0. The molecule has 0 spiro atoms. The summed E-state index contributed by atoms with van der Waals surface area (Å²) in [6, 6.07) is 6.87. The van der Waals surface area contributed by atoms with Crippen molar-refractivity contribution in [2.24, 2.45) is 17.6 Å². The van der Waals surface area contributed by atoms with Gasteiger partial charge in [0.25, 0.3) is 0 Å². The normalized spacial score (nSPS) is 18.5. The molecule has 2 atom stereocenters. The van der Waals surface area contributed by atoms with Crippen molar-refractivity contribution < 1.29 is 9.18 Å². The number of carbonyl (C=O) groups excluding carboxylic acids is 1. The van der Waals surface area contributed by atoms with Gasteiger partial charge in [0.2, 0.25) is 5.91 Å². The first kappa shape index (κ1) is 18.9. The van der Waals surface area contributed by atoms with Gasteiger partial charge in [0.05, 0.1) is 0 Å². The number of nitrogens with zero attached hydrogens (tertiary/aromatic N) is 1. The molecule has 22 heavy (non-hydrogen) atoms. The van der Waals surface area contributed by atoms with E-state index in [0.717, 1.165) is 25.9 Å². The topological polar surface area (TPSA) is 46.3 Å². The largest absolute Gasteiger partial charge is 0.342 e. The maximum atomic E-state index is 13.7. The van der Waals surface area contributed by atoms with E-state index in [-0.39, 0.29) is 36.1 Å². The number of nitrogens with two attached hydrogens (primary N) is 1. The van der Waals surface area contributed by atoms with Gasteiger partial charge in [-0.2, -0.15) is 0 Å². The van der Waals surface area contributed by atoms with Crippen LogP contribution in [0, 0.1) is 17.7 Å². The molecule has 1 aliphatic heterocycles. The van der Waals surface area contributed by atoms with Crippen LogP contribution in [0.1, 0.15) is 32.3 Å². The Balaban J connectivity index is 0.00000242. The first-order valence-electron chi connectivity index (χ1n) is 7.76. The molecule has 1 aliphatic rings. The van der Waals surface area contributed by atoms with Crippen LogP contribution in [0.2, 0.25) is 0 Å². The number of likely N-dealkylation sites (tertiary alicyclic amines) is 1. The predicted molar refractivity (Wildman–Crippen MR) is 89.5 cm³/mol. The van der Waals surface area contributed by atoms with Crippen molar-refractivity contribution in [3.8, 4) is 0 Å². The molecule has 2 N–H and O–H groups in total. The number of piperidine rings is 1. The van der Waals surface area contributed by atoms with Crippen molar-refractivity contribution in [1.29, 1.82) is 0 Å². The maximum Gasteiger partial charge on any atom is 0.225 e. The molecule has 1 saturated heterocycles. The zero-order valence-electron chi connectivity index (χ0n) is 13.3. The van der Waals surface area contributed by atoms with E-state index in [1.807, 2.05) is 24.8 Å². The Morgan fingerprint density at radius 2 is 1.91 bits per heavy atom. The van der Waals surface area contributed by atoms with E-state index in [9.17, 15) is 9.18 Å². The van der Waals surface area contributed by atoms with Gasteiger partial charge in [-0.05, 0) is 43.7 Å². The highest BCUT2D eigenvalue weighted by Crippen LogP contribution is 2.22. The second-order valence-corrected chi connectivity index (χ2v) is 6.22. The van der Waals surface area contributed by atoms with Crippen molar-refractivity contribution >= 4 is 18.3 Å². The number of hydrogen-bond acceptors (Lipinski definition) is 2. The molecule has 3 nitrogen and oxygen atoms in total. The maximum absolute atomic E-state index is 13.7. The molecule has 0 aliphatic carbocycles. The van der Waals surface area contributed by atoms with E-state index in [2.05, 4.69) is 0 Å². The Bertz CT molecular complexity index is 487. The fourth-order valence-electron chi connectivity index (χ4n) is 3.04. The fourth-order valence-corrected chi connectivity index (χ4v) is 3.04. The molecular formula is C17H26ClFN2O.